The second kappa shape index (κ2) is 10.4. The van der Waals surface area contributed by atoms with E-state index in [1.807, 2.05) is 17.9 Å². The summed E-state index contributed by atoms with van der Waals surface area (Å²) in [6.07, 6.45) is 7.29. The van der Waals surface area contributed by atoms with Gasteiger partial charge in [0.2, 0.25) is 5.91 Å². The predicted octanol–water partition coefficient (Wildman–Crippen LogP) is 5.80. The van der Waals surface area contributed by atoms with Crippen LogP contribution in [0, 0.1) is 0 Å². The number of piperidine rings is 1. The first kappa shape index (κ1) is 23.9. The second-order valence-electron chi connectivity index (χ2n) is 10.4. The maximum Gasteiger partial charge on any atom is 0.407 e. The number of anilines is 1. The average molecular weight is 476 g/mol. The minimum atomic E-state index is -0.360. The molecule has 2 aromatic rings. The molecule has 0 spiro atoms. The summed E-state index contributed by atoms with van der Waals surface area (Å²) < 4.78 is 5.57. The van der Waals surface area contributed by atoms with Gasteiger partial charge in [0.15, 0.2) is 0 Å². The fraction of sp³-hybridized carbons (Fsp3) is 0.517. The molecular formula is C29H37N3O3. The van der Waals surface area contributed by atoms with Gasteiger partial charge in [-0.05, 0) is 92.9 Å². The van der Waals surface area contributed by atoms with Gasteiger partial charge in [0.25, 0.3) is 0 Å². The zero-order chi connectivity index (χ0) is 24.4. The van der Waals surface area contributed by atoms with Crippen molar-refractivity contribution in [1.29, 1.82) is 0 Å². The number of alkyl carbamates (subject to hydrolysis) is 1. The maximum atomic E-state index is 12.6. The molecule has 1 saturated carbocycles. The molecule has 2 fully saturated rings. The van der Waals surface area contributed by atoms with E-state index >= 15 is 0 Å². The van der Waals surface area contributed by atoms with Crippen LogP contribution in [0.1, 0.15) is 76.0 Å². The number of nitrogens with one attached hydrogen (secondary N) is 1. The largest absolute Gasteiger partial charge is 0.446 e. The summed E-state index contributed by atoms with van der Waals surface area (Å²) in [5, 5.41) is 3.09. The fourth-order valence-electron chi connectivity index (χ4n) is 5.65. The Morgan fingerprint density at radius 1 is 0.971 bits per heavy atom. The van der Waals surface area contributed by atoms with Crippen molar-refractivity contribution in [2.45, 2.75) is 83.5 Å². The third kappa shape index (κ3) is 5.37. The van der Waals surface area contributed by atoms with Crippen LogP contribution in [0.4, 0.5) is 10.5 Å². The monoisotopic (exact) mass is 475 g/mol. The average Bonchev–Trinajstić information content (AvgIpc) is 2.82. The van der Waals surface area contributed by atoms with Crippen molar-refractivity contribution in [3.63, 3.8) is 0 Å². The van der Waals surface area contributed by atoms with Crippen molar-refractivity contribution in [2.24, 2.45) is 0 Å². The lowest BCUT2D eigenvalue weighted by Crippen LogP contribution is -2.46. The van der Waals surface area contributed by atoms with Crippen LogP contribution in [-0.2, 0) is 16.1 Å². The van der Waals surface area contributed by atoms with Crippen molar-refractivity contribution in [2.75, 3.05) is 18.0 Å². The van der Waals surface area contributed by atoms with Crippen LogP contribution in [0.25, 0.3) is 11.1 Å². The van der Waals surface area contributed by atoms with Crippen LogP contribution in [0.2, 0.25) is 0 Å². The van der Waals surface area contributed by atoms with Gasteiger partial charge in [-0.25, -0.2) is 4.79 Å². The lowest BCUT2D eigenvalue weighted by molar-refractivity contribution is -0.117. The number of fused-ring (bicyclic) bond motifs is 1. The Bertz CT molecular complexity index is 1060. The van der Waals surface area contributed by atoms with Crippen molar-refractivity contribution < 1.29 is 14.3 Å². The minimum absolute atomic E-state index is 0.00563. The first-order valence-electron chi connectivity index (χ1n) is 13.2. The van der Waals surface area contributed by atoms with Gasteiger partial charge in [-0.1, -0.05) is 36.8 Å². The van der Waals surface area contributed by atoms with Crippen molar-refractivity contribution in [3.05, 3.63) is 53.6 Å². The highest BCUT2D eigenvalue weighted by molar-refractivity contribution is 5.94. The van der Waals surface area contributed by atoms with Gasteiger partial charge in [-0.3, -0.25) is 9.69 Å². The van der Waals surface area contributed by atoms with E-state index < -0.39 is 0 Å². The van der Waals surface area contributed by atoms with Crippen LogP contribution in [0.5, 0.6) is 0 Å². The Morgan fingerprint density at radius 3 is 2.34 bits per heavy atom. The molecule has 2 heterocycles. The van der Waals surface area contributed by atoms with Gasteiger partial charge in [0.05, 0.1) is 6.04 Å². The fourth-order valence-corrected chi connectivity index (χ4v) is 5.65. The molecule has 35 heavy (non-hydrogen) atoms. The smallest absolute Gasteiger partial charge is 0.407 e. The van der Waals surface area contributed by atoms with Crippen LogP contribution in [-0.4, -0.2) is 42.1 Å². The molecule has 5 rings (SSSR count). The molecule has 1 saturated heterocycles. The number of ether oxygens (including phenoxy) is 1. The Morgan fingerprint density at radius 2 is 1.69 bits per heavy atom. The van der Waals surface area contributed by atoms with E-state index in [2.05, 4.69) is 46.6 Å². The zero-order valence-electron chi connectivity index (χ0n) is 21.0. The molecule has 1 aliphatic carbocycles. The normalized spacial score (nSPS) is 22.7. The summed E-state index contributed by atoms with van der Waals surface area (Å²) in [5.74, 6) is 0.0176. The molecule has 0 bridgehead atoms. The summed E-state index contributed by atoms with van der Waals surface area (Å²) in [7, 11) is 0. The number of carbonyl (C=O) groups excluding carboxylic acids is 2. The first-order chi connectivity index (χ1) is 17.0. The number of carbonyl (C=O) groups is 2. The Kier molecular flexibility index (Phi) is 7.09. The summed E-state index contributed by atoms with van der Waals surface area (Å²) in [6, 6.07) is 14.8. The van der Waals surface area contributed by atoms with E-state index in [9.17, 15) is 9.59 Å². The Hall–Kier alpha value is -2.86. The SMILES string of the molecule is CC(=O)N1c2ccc(-c3ccc(CN4CCCCC4)cc3)cc2[C@H](NC(=O)OC2CCC2)C[C@@H]1C. The van der Waals surface area contributed by atoms with Gasteiger partial charge in [0, 0.05) is 25.2 Å². The van der Waals surface area contributed by atoms with Crippen LogP contribution in [0.3, 0.4) is 0 Å². The van der Waals surface area contributed by atoms with Gasteiger partial charge in [-0.15, -0.1) is 0 Å². The van der Waals surface area contributed by atoms with E-state index in [1.165, 1.54) is 37.9 Å². The van der Waals surface area contributed by atoms with E-state index in [-0.39, 0.29) is 30.2 Å². The van der Waals surface area contributed by atoms with Crippen molar-refractivity contribution >= 4 is 17.7 Å². The highest BCUT2D eigenvalue weighted by Gasteiger charge is 2.34. The second-order valence-corrected chi connectivity index (χ2v) is 10.4. The van der Waals surface area contributed by atoms with Crippen molar-refractivity contribution in [1.82, 2.24) is 10.2 Å². The van der Waals surface area contributed by atoms with Gasteiger partial charge in [-0.2, -0.15) is 0 Å². The molecule has 186 valence electrons. The molecule has 2 aliphatic heterocycles. The van der Waals surface area contributed by atoms with E-state index in [0.717, 1.165) is 48.2 Å². The minimum Gasteiger partial charge on any atom is -0.446 e. The molecule has 3 aliphatic rings. The quantitative estimate of drug-likeness (QED) is 0.593. The third-order valence-corrected chi connectivity index (χ3v) is 7.78. The molecule has 6 nitrogen and oxygen atoms in total. The standard InChI is InChI=1S/C29H37N3O3/c1-20-17-27(30-29(34)35-25-7-6-8-25)26-18-24(13-14-28(26)32(20)21(2)33)23-11-9-22(10-12-23)19-31-15-4-3-5-16-31/h9-14,18,20,25,27H,3-8,15-17,19H2,1-2H3,(H,30,34)/t20-,27+/m0/s1. The topological polar surface area (TPSA) is 61.9 Å². The summed E-state index contributed by atoms with van der Waals surface area (Å²) in [6.45, 7) is 7.02. The number of hydrogen-bond donors (Lipinski definition) is 1. The molecule has 2 amide bonds. The van der Waals surface area contributed by atoms with Gasteiger partial charge in [0.1, 0.15) is 6.10 Å². The molecule has 0 unspecified atom stereocenters. The van der Waals surface area contributed by atoms with Crippen LogP contribution < -0.4 is 10.2 Å². The van der Waals surface area contributed by atoms with E-state index in [0.29, 0.717) is 6.42 Å². The molecule has 2 aromatic carbocycles. The lowest BCUT2D eigenvalue weighted by Gasteiger charge is -2.39. The summed E-state index contributed by atoms with van der Waals surface area (Å²) >= 11 is 0. The Labute approximate surface area is 208 Å². The van der Waals surface area contributed by atoms with Crippen LogP contribution >= 0.6 is 0 Å². The van der Waals surface area contributed by atoms with Gasteiger partial charge >= 0.3 is 6.09 Å². The maximum absolute atomic E-state index is 12.6. The number of rotatable bonds is 5. The van der Waals surface area contributed by atoms with Crippen molar-refractivity contribution in [3.8, 4) is 11.1 Å². The number of likely N-dealkylation sites (tertiary alicyclic amines) is 1. The highest BCUT2D eigenvalue weighted by Crippen LogP contribution is 2.40. The van der Waals surface area contributed by atoms with E-state index in [1.54, 1.807) is 6.92 Å². The summed E-state index contributed by atoms with van der Waals surface area (Å²) in [4.78, 5) is 29.4. The third-order valence-electron chi connectivity index (χ3n) is 7.78. The number of nitrogens with zero attached hydrogens (tertiary/aromatic N) is 2. The first-order valence-corrected chi connectivity index (χ1v) is 13.2. The molecular weight excluding hydrogens is 438 g/mol. The highest BCUT2D eigenvalue weighted by atomic mass is 16.6. The molecule has 6 heteroatoms. The molecule has 2 atom stereocenters. The van der Waals surface area contributed by atoms with E-state index in [4.69, 9.17) is 4.74 Å². The molecule has 1 N–H and O–H groups in total. The number of benzene rings is 2. The molecule has 0 radical (unpaired) electrons. The van der Waals surface area contributed by atoms with Crippen LogP contribution in [0.15, 0.2) is 42.5 Å². The lowest BCUT2D eigenvalue weighted by atomic mass is 9.89. The summed E-state index contributed by atoms with van der Waals surface area (Å²) in [5.41, 5.74) is 5.40. The number of hydrogen-bond acceptors (Lipinski definition) is 4. The number of amides is 2. The Balaban J connectivity index is 1.38. The van der Waals surface area contributed by atoms with Gasteiger partial charge < -0.3 is 15.0 Å². The predicted molar refractivity (Wildman–Crippen MR) is 138 cm³/mol. The molecule has 0 aromatic heterocycles. The zero-order valence-corrected chi connectivity index (χ0v) is 21.0.